The van der Waals surface area contributed by atoms with Crippen molar-refractivity contribution in [1.29, 1.82) is 0 Å². The number of aromatic nitrogens is 4. The van der Waals surface area contributed by atoms with Crippen molar-refractivity contribution in [3.63, 3.8) is 0 Å². The van der Waals surface area contributed by atoms with Crippen LogP contribution in [0.2, 0.25) is 5.02 Å². The monoisotopic (exact) mass is 543 g/mol. The SMILES string of the molecule is CCNC(=NCc1nc(-c2cccc(Cl)c2)no1)NCCCn1nc(C)cc1C.I. The zero-order chi connectivity index (χ0) is 20.6. The molecule has 0 radical (unpaired) electrons. The van der Waals surface area contributed by atoms with Crippen LogP contribution in [0.4, 0.5) is 0 Å². The van der Waals surface area contributed by atoms with Crippen molar-refractivity contribution >= 4 is 41.5 Å². The van der Waals surface area contributed by atoms with Crippen molar-refractivity contribution in [1.82, 2.24) is 30.6 Å². The van der Waals surface area contributed by atoms with Gasteiger partial charge in [-0.1, -0.05) is 28.9 Å². The molecular weight excluding hydrogens is 517 g/mol. The number of benzene rings is 1. The molecule has 0 spiro atoms. The van der Waals surface area contributed by atoms with Crippen molar-refractivity contribution in [2.75, 3.05) is 13.1 Å². The van der Waals surface area contributed by atoms with E-state index in [1.54, 1.807) is 12.1 Å². The summed E-state index contributed by atoms with van der Waals surface area (Å²) in [5, 5.41) is 15.7. The highest BCUT2D eigenvalue weighted by Gasteiger charge is 2.09. The van der Waals surface area contributed by atoms with Crippen LogP contribution in [-0.4, -0.2) is 39.0 Å². The molecule has 0 saturated carbocycles. The highest BCUT2D eigenvalue weighted by Crippen LogP contribution is 2.20. The van der Waals surface area contributed by atoms with Gasteiger partial charge < -0.3 is 15.2 Å². The van der Waals surface area contributed by atoms with Crippen LogP contribution >= 0.6 is 35.6 Å². The van der Waals surface area contributed by atoms with Gasteiger partial charge >= 0.3 is 0 Å². The molecule has 1 aromatic carbocycles. The van der Waals surface area contributed by atoms with E-state index in [2.05, 4.69) is 43.9 Å². The lowest BCUT2D eigenvalue weighted by Gasteiger charge is -2.11. The minimum absolute atomic E-state index is 0. The molecule has 2 aromatic heterocycles. The second kappa shape index (κ2) is 11.9. The van der Waals surface area contributed by atoms with Gasteiger partial charge in [0.15, 0.2) is 5.96 Å². The van der Waals surface area contributed by atoms with Gasteiger partial charge in [-0.3, -0.25) is 4.68 Å². The van der Waals surface area contributed by atoms with Crippen LogP contribution in [0.1, 0.15) is 30.6 Å². The summed E-state index contributed by atoms with van der Waals surface area (Å²) in [6.45, 7) is 8.80. The Morgan fingerprint density at radius 3 is 2.77 bits per heavy atom. The molecule has 0 atom stereocenters. The van der Waals surface area contributed by atoms with Gasteiger partial charge in [-0.2, -0.15) is 10.1 Å². The zero-order valence-corrected chi connectivity index (χ0v) is 20.4. The Labute approximate surface area is 198 Å². The van der Waals surface area contributed by atoms with E-state index in [1.165, 1.54) is 5.69 Å². The molecule has 30 heavy (non-hydrogen) atoms. The second-order valence-electron chi connectivity index (χ2n) is 6.65. The molecule has 0 bridgehead atoms. The third kappa shape index (κ3) is 6.98. The highest BCUT2D eigenvalue weighted by atomic mass is 127. The summed E-state index contributed by atoms with van der Waals surface area (Å²) >= 11 is 6.02. The Kier molecular flexibility index (Phi) is 9.57. The van der Waals surface area contributed by atoms with Crippen LogP contribution in [0.25, 0.3) is 11.4 Å². The third-order valence-corrected chi connectivity index (χ3v) is 4.45. The van der Waals surface area contributed by atoms with Gasteiger partial charge in [-0.15, -0.1) is 24.0 Å². The first-order chi connectivity index (χ1) is 14.0. The van der Waals surface area contributed by atoms with Gasteiger partial charge in [0, 0.05) is 35.9 Å². The van der Waals surface area contributed by atoms with Crippen LogP contribution < -0.4 is 10.6 Å². The van der Waals surface area contributed by atoms with E-state index in [1.807, 2.05) is 30.7 Å². The molecule has 0 saturated heterocycles. The number of rotatable bonds is 8. The number of hydrogen-bond donors (Lipinski definition) is 2. The first kappa shape index (κ1) is 24.1. The van der Waals surface area contributed by atoms with E-state index in [0.717, 1.165) is 37.3 Å². The van der Waals surface area contributed by atoms with E-state index >= 15 is 0 Å². The lowest BCUT2D eigenvalue weighted by Crippen LogP contribution is -2.38. The van der Waals surface area contributed by atoms with Crippen LogP contribution in [0, 0.1) is 13.8 Å². The number of halogens is 2. The normalized spacial score (nSPS) is 11.3. The van der Waals surface area contributed by atoms with Crippen molar-refractivity contribution in [2.24, 2.45) is 4.99 Å². The molecule has 10 heteroatoms. The Bertz CT molecular complexity index is 970. The summed E-state index contributed by atoms with van der Waals surface area (Å²) in [6, 6.07) is 9.43. The Morgan fingerprint density at radius 2 is 2.07 bits per heavy atom. The quantitative estimate of drug-likeness (QED) is 0.193. The molecule has 2 N–H and O–H groups in total. The predicted octanol–water partition coefficient (Wildman–Crippen LogP) is 3.97. The van der Waals surface area contributed by atoms with E-state index in [9.17, 15) is 0 Å². The number of nitrogens with one attached hydrogen (secondary N) is 2. The molecular formula is C20H27ClIN7O. The molecule has 0 aliphatic rings. The van der Waals surface area contributed by atoms with Crippen LogP contribution in [-0.2, 0) is 13.1 Å². The standard InChI is InChI=1S/C20H26ClN7O.HI/c1-4-22-20(23-9-6-10-28-15(3)11-14(2)26-28)24-13-18-25-19(27-29-18)16-7-5-8-17(21)12-16;/h5,7-8,11-12H,4,6,9-10,13H2,1-3H3,(H2,22,23,24);1H. The topological polar surface area (TPSA) is 93.2 Å². The van der Waals surface area contributed by atoms with Crippen molar-refractivity contribution in [3.05, 3.63) is 52.6 Å². The van der Waals surface area contributed by atoms with Gasteiger partial charge in [0.1, 0.15) is 6.54 Å². The summed E-state index contributed by atoms with van der Waals surface area (Å²) in [4.78, 5) is 8.92. The molecule has 0 amide bonds. The molecule has 0 aliphatic carbocycles. The fourth-order valence-corrected chi connectivity index (χ4v) is 3.08. The molecule has 8 nitrogen and oxygen atoms in total. The van der Waals surface area contributed by atoms with Gasteiger partial charge in [-0.25, -0.2) is 4.99 Å². The zero-order valence-electron chi connectivity index (χ0n) is 17.4. The average molecular weight is 544 g/mol. The average Bonchev–Trinajstić information content (AvgIpc) is 3.29. The first-order valence-corrected chi connectivity index (χ1v) is 10.0. The van der Waals surface area contributed by atoms with Gasteiger partial charge in [0.2, 0.25) is 11.7 Å². The Hall–Kier alpha value is -2.14. The Balaban J connectivity index is 0.00000320. The number of hydrogen-bond acceptors (Lipinski definition) is 5. The van der Waals surface area contributed by atoms with Crippen molar-refractivity contribution in [3.8, 4) is 11.4 Å². The minimum atomic E-state index is 0. The van der Waals surface area contributed by atoms with Crippen LogP contribution in [0.15, 0.2) is 39.8 Å². The highest BCUT2D eigenvalue weighted by molar-refractivity contribution is 14.0. The third-order valence-electron chi connectivity index (χ3n) is 4.21. The summed E-state index contributed by atoms with van der Waals surface area (Å²) < 4.78 is 7.33. The fourth-order valence-electron chi connectivity index (χ4n) is 2.89. The number of nitrogens with zero attached hydrogens (tertiary/aromatic N) is 5. The van der Waals surface area contributed by atoms with Crippen molar-refractivity contribution < 1.29 is 4.52 Å². The van der Waals surface area contributed by atoms with E-state index < -0.39 is 0 Å². The predicted molar refractivity (Wildman–Crippen MR) is 129 cm³/mol. The molecule has 0 unspecified atom stereocenters. The van der Waals surface area contributed by atoms with Gasteiger partial charge in [-0.05, 0) is 45.4 Å². The smallest absolute Gasteiger partial charge is 0.248 e. The van der Waals surface area contributed by atoms with Crippen LogP contribution in [0.3, 0.4) is 0 Å². The maximum absolute atomic E-state index is 6.02. The lowest BCUT2D eigenvalue weighted by molar-refractivity contribution is 0.380. The largest absolute Gasteiger partial charge is 0.357 e. The lowest BCUT2D eigenvalue weighted by atomic mass is 10.2. The van der Waals surface area contributed by atoms with Gasteiger partial charge in [0.25, 0.3) is 0 Å². The molecule has 3 rings (SSSR count). The van der Waals surface area contributed by atoms with E-state index in [0.29, 0.717) is 29.2 Å². The number of aryl methyl sites for hydroxylation is 3. The number of guanidine groups is 1. The van der Waals surface area contributed by atoms with E-state index in [-0.39, 0.29) is 24.0 Å². The summed E-state index contributed by atoms with van der Waals surface area (Å²) in [5.74, 6) is 1.66. The molecule has 3 aromatic rings. The summed E-state index contributed by atoms with van der Waals surface area (Å²) in [5.41, 5.74) is 3.03. The van der Waals surface area contributed by atoms with Crippen LogP contribution in [0.5, 0.6) is 0 Å². The molecule has 162 valence electrons. The van der Waals surface area contributed by atoms with Crippen molar-refractivity contribution in [2.45, 2.75) is 40.3 Å². The minimum Gasteiger partial charge on any atom is -0.357 e. The molecule has 0 aliphatic heterocycles. The van der Waals surface area contributed by atoms with Gasteiger partial charge in [0.05, 0.1) is 5.69 Å². The molecule has 0 fully saturated rings. The Morgan fingerprint density at radius 1 is 1.23 bits per heavy atom. The fraction of sp³-hybridized carbons (Fsp3) is 0.400. The maximum atomic E-state index is 6.02. The summed E-state index contributed by atoms with van der Waals surface area (Å²) in [7, 11) is 0. The summed E-state index contributed by atoms with van der Waals surface area (Å²) in [6.07, 6.45) is 0.936. The first-order valence-electron chi connectivity index (χ1n) is 9.67. The maximum Gasteiger partial charge on any atom is 0.248 e. The molecule has 2 heterocycles. The second-order valence-corrected chi connectivity index (χ2v) is 7.08. The van der Waals surface area contributed by atoms with E-state index in [4.69, 9.17) is 16.1 Å². The number of aliphatic imine (C=N–C) groups is 1.